The van der Waals surface area contributed by atoms with Gasteiger partial charge in [-0.3, -0.25) is 5.10 Å². The van der Waals surface area contributed by atoms with Crippen LogP contribution < -0.4 is 4.72 Å². The fraction of sp³-hybridized carbons (Fsp3) is 0.182. The summed E-state index contributed by atoms with van der Waals surface area (Å²) in [6.07, 6.45) is 3.25. The second kappa shape index (κ2) is 5.21. The van der Waals surface area contributed by atoms with Crippen molar-refractivity contribution in [3.05, 3.63) is 46.7 Å². The number of hydrogen-bond acceptors (Lipinski definition) is 3. The van der Waals surface area contributed by atoms with Crippen molar-refractivity contribution in [1.29, 1.82) is 0 Å². The quantitative estimate of drug-likeness (QED) is 0.903. The average molecular weight is 330 g/mol. The van der Waals surface area contributed by atoms with Gasteiger partial charge in [-0.2, -0.15) is 5.10 Å². The number of rotatable bonds is 4. The number of aromatic amines is 1. The second-order valence-electron chi connectivity index (χ2n) is 3.81. The number of hydrogen-bond donors (Lipinski definition) is 2. The van der Waals surface area contributed by atoms with E-state index in [2.05, 4.69) is 30.8 Å². The van der Waals surface area contributed by atoms with Crippen LogP contribution in [0.15, 0.2) is 46.0 Å². The molecule has 0 fully saturated rings. The van der Waals surface area contributed by atoms with Gasteiger partial charge in [-0.1, -0.05) is 12.1 Å². The van der Waals surface area contributed by atoms with E-state index in [0.29, 0.717) is 4.47 Å². The zero-order chi connectivity index (χ0) is 13.2. The van der Waals surface area contributed by atoms with Crippen molar-refractivity contribution in [1.82, 2.24) is 14.9 Å². The van der Waals surface area contributed by atoms with Crippen molar-refractivity contribution in [2.75, 3.05) is 0 Å². The Labute approximate surface area is 114 Å². The summed E-state index contributed by atoms with van der Waals surface area (Å²) in [5.74, 6) is 0. The molecule has 2 N–H and O–H groups in total. The molecule has 2 rings (SSSR count). The fourth-order valence-corrected chi connectivity index (χ4v) is 3.76. The van der Waals surface area contributed by atoms with E-state index >= 15 is 0 Å². The van der Waals surface area contributed by atoms with Crippen LogP contribution in [0.4, 0.5) is 0 Å². The summed E-state index contributed by atoms with van der Waals surface area (Å²) >= 11 is 3.23. The van der Waals surface area contributed by atoms with Gasteiger partial charge in [0.2, 0.25) is 10.0 Å². The van der Waals surface area contributed by atoms with E-state index in [1.807, 2.05) is 0 Å². The highest BCUT2D eigenvalue weighted by Crippen LogP contribution is 2.23. The minimum atomic E-state index is -3.55. The lowest BCUT2D eigenvalue weighted by Gasteiger charge is -2.13. The fourth-order valence-electron chi connectivity index (χ4n) is 1.52. The van der Waals surface area contributed by atoms with E-state index < -0.39 is 10.0 Å². The maximum atomic E-state index is 12.2. The first kappa shape index (κ1) is 13.3. The predicted molar refractivity (Wildman–Crippen MR) is 71.5 cm³/mol. The summed E-state index contributed by atoms with van der Waals surface area (Å²) in [5.41, 5.74) is 0.783. The van der Waals surface area contributed by atoms with Gasteiger partial charge in [0.25, 0.3) is 0 Å². The standard InChI is InChI=1S/C11H12BrN3O2S/c1-8(9-6-13-14-7-9)15-18(16,17)11-5-3-2-4-10(11)12/h2-8,15H,1H3,(H,13,14). The Bertz CT molecular complexity index is 625. The minimum Gasteiger partial charge on any atom is -0.285 e. The Hall–Kier alpha value is -1.18. The first-order chi connectivity index (χ1) is 8.50. The van der Waals surface area contributed by atoms with Crippen LogP contribution in [0.5, 0.6) is 0 Å². The normalized spacial score (nSPS) is 13.4. The average Bonchev–Trinajstić information content (AvgIpc) is 2.82. The molecule has 1 heterocycles. The molecule has 1 aromatic heterocycles. The molecule has 0 aliphatic heterocycles. The van der Waals surface area contributed by atoms with Gasteiger partial charge >= 0.3 is 0 Å². The van der Waals surface area contributed by atoms with Crippen LogP contribution in [0.2, 0.25) is 0 Å². The maximum Gasteiger partial charge on any atom is 0.242 e. The molecule has 7 heteroatoms. The van der Waals surface area contributed by atoms with Crippen LogP contribution >= 0.6 is 15.9 Å². The van der Waals surface area contributed by atoms with E-state index in [-0.39, 0.29) is 10.9 Å². The lowest BCUT2D eigenvalue weighted by Crippen LogP contribution is -2.26. The van der Waals surface area contributed by atoms with Crippen molar-refractivity contribution in [3.8, 4) is 0 Å². The Morgan fingerprint density at radius 3 is 2.72 bits per heavy atom. The Morgan fingerprint density at radius 1 is 1.39 bits per heavy atom. The van der Waals surface area contributed by atoms with Crippen LogP contribution in [0.3, 0.4) is 0 Å². The summed E-state index contributed by atoms with van der Waals surface area (Å²) in [6.45, 7) is 1.76. The van der Waals surface area contributed by atoms with Gasteiger partial charge in [-0.15, -0.1) is 0 Å². The smallest absolute Gasteiger partial charge is 0.242 e. The zero-order valence-corrected chi connectivity index (χ0v) is 12.0. The van der Waals surface area contributed by atoms with Gasteiger partial charge in [-0.25, -0.2) is 13.1 Å². The van der Waals surface area contributed by atoms with E-state index in [0.717, 1.165) is 5.56 Å². The lowest BCUT2D eigenvalue weighted by atomic mass is 10.2. The van der Waals surface area contributed by atoms with Crippen LogP contribution in [0.25, 0.3) is 0 Å². The number of benzene rings is 1. The largest absolute Gasteiger partial charge is 0.285 e. The van der Waals surface area contributed by atoms with Crippen LogP contribution in [0, 0.1) is 0 Å². The minimum absolute atomic E-state index is 0.223. The molecular weight excluding hydrogens is 318 g/mol. The highest BCUT2D eigenvalue weighted by molar-refractivity contribution is 9.10. The summed E-state index contributed by atoms with van der Waals surface area (Å²) < 4.78 is 27.5. The lowest BCUT2D eigenvalue weighted by molar-refractivity contribution is 0.566. The van der Waals surface area contributed by atoms with Crippen LogP contribution in [0.1, 0.15) is 18.5 Å². The zero-order valence-electron chi connectivity index (χ0n) is 9.59. The number of nitrogens with one attached hydrogen (secondary N) is 2. The van der Waals surface area contributed by atoms with Crippen molar-refractivity contribution < 1.29 is 8.42 Å². The van der Waals surface area contributed by atoms with Gasteiger partial charge in [0.15, 0.2) is 0 Å². The molecule has 2 aromatic rings. The molecule has 0 amide bonds. The number of sulfonamides is 1. The molecule has 0 saturated heterocycles. The molecule has 0 radical (unpaired) electrons. The van der Waals surface area contributed by atoms with Gasteiger partial charge in [0.05, 0.1) is 11.1 Å². The van der Waals surface area contributed by atoms with Gasteiger partial charge < -0.3 is 0 Å². The molecule has 96 valence electrons. The summed E-state index contributed by atoms with van der Waals surface area (Å²) in [4.78, 5) is 0.223. The number of nitrogens with zero attached hydrogens (tertiary/aromatic N) is 1. The Balaban J connectivity index is 2.26. The van der Waals surface area contributed by atoms with E-state index in [1.54, 1.807) is 43.6 Å². The summed E-state index contributed by atoms with van der Waals surface area (Å²) in [5, 5.41) is 6.45. The van der Waals surface area contributed by atoms with Crippen molar-refractivity contribution >= 4 is 26.0 Å². The van der Waals surface area contributed by atoms with Gasteiger partial charge in [-0.05, 0) is 35.0 Å². The molecule has 5 nitrogen and oxygen atoms in total. The third kappa shape index (κ3) is 2.80. The molecule has 1 atom stereocenters. The summed E-state index contributed by atoms with van der Waals surface area (Å²) in [7, 11) is -3.55. The van der Waals surface area contributed by atoms with Crippen molar-refractivity contribution in [2.24, 2.45) is 0 Å². The van der Waals surface area contributed by atoms with Crippen LogP contribution in [-0.4, -0.2) is 18.6 Å². The molecule has 1 unspecified atom stereocenters. The molecule has 0 aliphatic carbocycles. The second-order valence-corrected chi connectivity index (χ2v) is 6.34. The third-order valence-corrected chi connectivity index (χ3v) is 5.03. The molecule has 1 aromatic carbocycles. The van der Waals surface area contributed by atoms with E-state index in [9.17, 15) is 8.42 Å². The maximum absolute atomic E-state index is 12.2. The molecule has 0 saturated carbocycles. The number of aromatic nitrogens is 2. The molecular formula is C11H12BrN3O2S. The monoisotopic (exact) mass is 329 g/mol. The van der Waals surface area contributed by atoms with E-state index in [4.69, 9.17) is 0 Å². The molecule has 0 spiro atoms. The van der Waals surface area contributed by atoms with Crippen LogP contribution in [-0.2, 0) is 10.0 Å². The van der Waals surface area contributed by atoms with Crippen molar-refractivity contribution in [3.63, 3.8) is 0 Å². The van der Waals surface area contributed by atoms with E-state index in [1.165, 1.54) is 0 Å². The number of halogens is 1. The molecule has 18 heavy (non-hydrogen) atoms. The predicted octanol–water partition coefficient (Wildman–Crippen LogP) is 2.21. The highest BCUT2D eigenvalue weighted by Gasteiger charge is 2.20. The first-order valence-corrected chi connectivity index (χ1v) is 7.54. The van der Waals surface area contributed by atoms with Crippen molar-refractivity contribution in [2.45, 2.75) is 17.9 Å². The van der Waals surface area contributed by atoms with Gasteiger partial charge in [0.1, 0.15) is 0 Å². The molecule has 0 aliphatic rings. The Morgan fingerprint density at radius 2 is 2.11 bits per heavy atom. The third-order valence-electron chi connectivity index (χ3n) is 2.48. The first-order valence-electron chi connectivity index (χ1n) is 5.26. The molecule has 0 bridgehead atoms. The highest BCUT2D eigenvalue weighted by atomic mass is 79.9. The Kier molecular flexibility index (Phi) is 3.84. The summed E-state index contributed by atoms with van der Waals surface area (Å²) in [6, 6.07) is 6.34. The topological polar surface area (TPSA) is 74.8 Å². The number of H-pyrrole nitrogens is 1. The SMILES string of the molecule is CC(NS(=O)(=O)c1ccccc1Br)c1cn[nH]c1. The van der Waals surface area contributed by atoms with Gasteiger partial charge in [0, 0.05) is 22.3 Å².